The van der Waals surface area contributed by atoms with Crippen LogP contribution >= 0.6 is 12.2 Å². The number of rotatable bonds is 4. The van der Waals surface area contributed by atoms with Crippen LogP contribution in [0.5, 0.6) is 0 Å². The molecule has 2 amide bonds. The molecule has 0 bridgehead atoms. The molecule has 0 radical (unpaired) electrons. The van der Waals surface area contributed by atoms with Gasteiger partial charge < -0.3 is 15.1 Å². The summed E-state index contributed by atoms with van der Waals surface area (Å²) in [5.41, 5.74) is 1.30. The van der Waals surface area contributed by atoms with Gasteiger partial charge in [-0.25, -0.2) is 0 Å². The molecule has 0 saturated heterocycles. The summed E-state index contributed by atoms with van der Waals surface area (Å²) in [5, 5.41) is 8.33. The van der Waals surface area contributed by atoms with E-state index in [2.05, 4.69) is 16.0 Å². The Morgan fingerprint density at radius 3 is 2.39 bits per heavy atom. The SMILES string of the molecule is CC(C)C(=O)Nc1cccc(NC(=S)NC(=O)c2ccco2)c1. The molecule has 0 aliphatic rings. The van der Waals surface area contributed by atoms with Crippen LogP contribution in [-0.4, -0.2) is 16.9 Å². The highest BCUT2D eigenvalue weighted by Gasteiger charge is 2.11. The third kappa shape index (κ3) is 4.93. The highest BCUT2D eigenvalue weighted by atomic mass is 32.1. The average molecular weight is 331 g/mol. The fourth-order valence-corrected chi connectivity index (χ4v) is 1.91. The van der Waals surface area contributed by atoms with E-state index < -0.39 is 5.91 Å². The quantitative estimate of drug-likeness (QED) is 0.750. The lowest BCUT2D eigenvalue weighted by molar-refractivity contribution is -0.118. The van der Waals surface area contributed by atoms with Crippen molar-refractivity contribution in [1.82, 2.24) is 5.32 Å². The number of hydrogen-bond donors (Lipinski definition) is 3. The molecule has 0 atom stereocenters. The van der Waals surface area contributed by atoms with E-state index in [-0.39, 0.29) is 22.7 Å². The Balaban J connectivity index is 1.96. The van der Waals surface area contributed by atoms with Crippen LogP contribution in [-0.2, 0) is 4.79 Å². The third-order valence-corrected chi connectivity index (χ3v) is 3.09. The van der Waals surface area contributed by atoms with Gasteiger partial charge in [0.25, 0.3) is 5.91 Å². The van der Waals surface area contributed by atoms with E-state index in [1.165, 1.54) is 6.26 Å². The Morgan fingerprint density at radius 1 is 1.09 bits per heavy atom. The van der Waals surface area contributed by atoms with Crippen molar-refractivity contribution in [2.24, 2.45) is 5.92 Å². The van der Waals surface area contributed by atoms with Gasteiger partial charge in [-0.15, -0.1) is 0 Å². The maximum atomic E-state index is 11.8. The predicted molar refractivity (Wildman–Crippen MR) is 92.3 cm³/mol. The first-order valence-electron chi connectivity index (χ1n) is 7.02. The minimum atomic E-state index is -0.434. The summed E-state index contributed by atoms with van der Waals surface area (Å²) in [6.07, 6.45) is 1.41. The first kappa shape index (κ1) is 16.7. The van der Waals surface area contributed by atoms with Crippen LogP contribution in [0.1, 0.15) is 24.4 Å². The summed E-state index contributed by atoms with van der Waals surface area (Å²) in [5.74, 6) is -0.444. The Morgan fingerprint density at radius 2 is 1.78 bits per heavy atom. The van der Waals surface area contributed by atoms with Gasteiger partial charge in [0.05, 0.1) is 6.26 Å². The number of carbonyl (C=O) groups is 2. The maximum Gasteiger partial charge on any atom is 0.293 e. The minimum absolute atomic E-state index is 0.0733. The van der Waals surface area contributed by atoms with E-state index in [1.807, 2.05) is 13.8 Å². The molecule has 120 valence electrons. The standard InChI is InChI=1S/C16H17N3O3S/c1-10(2)14(20)17-11-5-3-6-12(9-11)18-16(23)19-15(21)13-7-4-8-22-13/h3-10H,1-2H3,(H,17,20)(H2,18,19,21,23). The average Bonchev–Trinajstić information content (AvgIpc) is 3.01. The van der Waals surface area contributed by atoms with Gasteiger partial charge in [0.15, 0.2) is 10.9 Å². The smallest absolute Gasteiger partial charge is 0.293 e. The molecule has 2 aromatic rings. The van der Waals surface area contributed by atoms with Gasteiger partial charge >= 0.3 is 0 Å². The highest BCUT2D eigenvalue weighted by Crippen LogP contribution is 2.16. The van der Waals surface area contributed by atoms with E-state index in [1.54, 1.807) is 36.4 Å². The van der Waals surface area contributed by atoms with Crippen LogP contribution < -0.4 is 16.0 Å². The molecule has 1 heterocycles. The molecule has 1 aromatic carbocycles. The van der Waals surface area contributed by atoms with Crippen molar-refractivity contribution < 1.29 is 14.0 Å². The van der Waals surface area contributed by atoms with Crippen molar-refractivity contribution in [2.45, 2.75) is 13.8 Å². The molecule has 0 aliphatic heterocycles. The normalized spacial score (nSPS) is 10.2. The molecule has 2 rings (SSSR count). The van der Waals surface area contributed by atoms with E-state index in [4.69, 9.17) is 16.6 Å². The van der Waals surface area contributed by atoms with Crippen LogP contribution in [0.3, 0.4) is 0 Å². The van der Waals surface area contributed by atoms with Gasteiger partial charge in [-0.2, -0.15) is 0 Å². The van der Waals surface area contributed by atoms with E-state index in [0.717, 1.165) is 0 Å². The number of amides is 2. The summed E-state index contributed by atoms with van der Waals surface area (Å²) < 4.78 is 4.98. The molecule has 0 aliphatic carbocycles. The number of benzene rings is 1. The Hall–Kier alpha value is -2.67. The maximum absolute atomic E-state index is 11.8. The third-order valence-electron chi connectivity index (χ3n) is 2.88. The van der Waals surface area contributed by atoms with Crippen molar-refractivity contribution in [1.29, 1.82) is 0 Å². The Kier molecular flexibility index (Phi) is 5.48. The number of anilines is 2. The first-order chi connectivity index (χ1) is 11.0. The number of furan rings is 1. The summed E-state index contributed by atoms with van der Waals surface area (Å²) in [4.78, 5) is 23.5. The van der Waals surface area contributed by atoms with Crippen molar-refractivity contribution in [3.63, 3.8) is 0 Å². The number of hydrogen-bond acceptors (Lipinski definition) is 4. The van der Waals surface area contributed by atoms with Crippen molar-refractivity contribution in [2.75, 3.05) is 10.6 Å². The molecular weight excluding hydrogens is 314 g/mol. The minimum Gasteiger partial charge on any atom is -0.459 e. The van der Waals surface area contributed by atoms with Gasteiger partial charge in [-0.1, -0.05) is 19.9 Å². The summed E-state index contributed by atoms with van der Waals surface area (Å²) >= 11 is 5.09. The lowest BCUT2D eigenvalue weighted by Gasteiger charge is -2.11. The van der Waals surface area contributed by atoms with Crippen molar-refractivity contribution >= 4 is 40.5 Å². The van der Waals surface area contributed by atoms with Crippen LogP contribution in [0, 0.1) is 5.92 Å². The van der Waals surface area contributed by atoms with E-state index in [0.29, 0.717) is 11.4 Å². The zero-order valence-electron chi connectivity index (χ0n) is 12.8. The number of nitrogens with one attached hydrogen (secondary N) is 3. The molecular formula is C16H17N3O3S. The Bertz CT molecular complexity index is 711. The fraction of sp³-hybridized carbons (Fsp3) is 0.188. The second-order valence-electron chi connectivity index (χ2n) is 5.11. The Labute approximate surface area is 139 Å². The second kappa shape index (κ2) is 7.55. The van der Waals surface area contributed by atoms with Crippen LogP contribution in [0.2, 0.25) is 0 Å². The van der Waals surface area contributed by atoms with Gasteiger partial charge in [-0.05, 0) is 42.5 Å². The van der Waals surface area contributed by atoms with E-state index >= 15 is 0 Å². The highest BCUT2D eigenvalue weighted by molar-refractivity contribution is 7.80. The molecule has 3 N–H and O–H groups in total. The monoisotopic (exact) mass is 331 g/mol. The van der Waals surface area contributed by atoms with Gasteiger partial charge in [0, 0.05) is 17.3 Å². The molecule has 0 saturated carbocycles. The van der Waals surface area contributed by atoms with Crippen LogP contribution in [0.4, 0.5) is 11.4 Å². The van der Waals surface area contributed by atoms with Gasteiger partial charge in [0.2, 0.25) is 5.91 Å². The lowest BCUT2D eigenvalue weighted by atomic mass is 10.2. The largest absolute Gasteiger partial charge is 0.459 e. The van der Waals surface area contributed by atoms with Gasteiger partial charge in [-0.3, -0.25) is 14.9 Å². The first-order valence-corrected chi connectivity index (χ1v) is 7.43. The molecule has 23 heavy (non-hydrogen) atoms. The molecule has 0 fully saturated rings. The summed E-state index contributed by atoms with van der Waals surface area (Å²) in [6.45, 7) is 3.63. The van der Waals surface area contributed by atoms with Gasteiger partial charge in [0.1, 0.15) is 0 Å². The van der Waals surface area contributed by atoms with Crippen molar-refractivity contribution in [3.8, 4) is 0 Å². The molecule has 0 unspecified atom stereocenters. The fourth-order valence-electron chi connectivity index (χ4n) is 1.70. The van der Waals surface area contributed by atoms with Crippen molar-refractivity contribution in [3.05, 3.63) is 48.4 Å². The second-order valence-corrected chi connectivity index (χ2v) is 5.52. The number of carbonyl (C=O) groups excluding carboxylic acids is 2. The summed E-state index contributed by atoms with van der Waals surface area (Å²) in [7, 11) is 0. The predicted octanol–water partition coefficient (Wildman–Crippen LogP) is 3.00. The molecule has 6 nitrogen and oxygen atoms in total. The number of thiocarbonyl (C=S) groups is 1. The zero-order chi connectivity index (χ0) is 16.8. The molecule has 7 heteroatoms. The summed E-state index contributed by atoms with van der Waals surface area (Å²) in [6, 6.07) is 10.2. The lowest BCUT2D eigenvalue weighted by Crippen LogP contribution is -2.33. The van der Waals surface area contributed by atoms with E-state index in [9.17, 15) is 9.59 Å². The molecule has 0 spiro atoms. The van der Waals surface area contributed by atoms with Crippen LogP contribution in [0.25, 0.3) is 0 Å². The molecule has 1 aromatic heterocycles. The zero-order valence-corrected chi connectivity index (χ0v) is 13.6. The topological polar surface area (TPSA) is 83.4 Å². The van der Waals surface area contributed by atoms with Crippen LogP contribution in [0.15, 0.2) is 47.1 Å².